The molecule has 0 bridgehead atoms. The van der Waals surface area contributed by atoms with Crippen LogP contribution in [0.4, 0.5) is 5.69 Å². The van der Waals surface area contributed by atoms with Gasteiger partial charge in [-0.25, -0.2) is 4.98 Å². The Kier molecular flexibility index (Phi) is 5.20. The molecule has 3 rings (SSSR count). The van der Waals surface area contributed by atoms with Gasteiger partial charge in [0.2, 0.25) is 5.91 Å². The highest BCUT2D eigenvalue weighted by Crippen LogP contribution is 2.24. The molecule has 2 aromatic carbocycles. The van der Waals surface area contributed by atoms with Gasteiger partial charge in [-0.2, -0.15) is 0 Å². The maximum Gasteiger partial charge on any atom is 0.261 e. The van der Waals surface area contributed by atoms with E-state index >= 15 is 0 Å². The number of fused-ring (bicyclic) bond motifs is 1. The van der Waals surface area contributed by atoms with E-state index in [9.17, 15) is 9.59 Å². The van der Waals surface area contributed by atoms with Crippen molar-refractivity contribution in [1.82, 2.24) is 9.55 Å². The smallest absolute Gasteiger partial charge is 0.261 e. The van der Waals surface area contributed by atoms with E-state index in [0.29, 0.717) is 26.3 Å². The molecule has 0 aliphatic rings. The molecule has 0 aliphatic heterocycles. The molecule has 1 N–H and O–H groups in total. The fourth-order valence-electron chi connectivity index (χ4n) is 2.29. The molecule has 1 amide bonds. The molecular formula is C16H9Cl4N3O2. The molecule has 25 heavy (non-hydrogen) atoms. The first-order valence-corrected chi connectivity index (χ1v) is 8.45. The largest absolute Gasteiger partial charge is 0.324 e. The van der Waals surface area contributed by atoms with Crippen LogP contribution in [0.2, 0.25) is 20.1 Å². The van der Waals surface area contributed by atoms with E-state index in [1.54, 1.807) is 18.2 Å². The summed E-state index contributed by atoms with van der Waals surface area (Å²) in [5, 5.41) is 4.21. The number of rotatable bonds is 3. The number of aromatic nitrogens is 2. The van der Waals surface area contributed by atoms with Crippen LogP contribution in [0.25, 0.3) is 10.9 Å². The summed E-state index contributed by atoms with van der Waals surface area (Å²) in [5.41, 5.74) is 0.332. The Labute approximate surface area is 162 Å². The molecule has 128 valence electrons. The Morgan fingerprint density at radius 3 is 2.32 bits per heavy atom. The molecule has 1 aromatic heterocycles. The van der Waals surface area contributed by atoms with Crippen molar-refractivity contribution in [3.8, 4) is 0 Å². The molecule has 0 aliphatic carbocycles. The number of benzene rings is 2. The topological polar surface area (TPSA) is 64.0 Å². The van der Waals surface area contributed by atoms with Gasteiger partial charge in [-0.15, -0.1) is 0 Å². The van der Waals surface area contributed by atoms with Gasteiger partial charge in [0.05, 0.1) is 22.3 Å². The summed E-state index contributed by atoms with van der Waals surface area (Å²) in [6.45, 7) is -0.240. The number of amides is 1. The van der Waals surface area contributed by atoms with Gasteiger partial charge in [-0.3, -0.25) is 14.2 Å². The van der Waals surface area contributed by atoms with Gasteiger partial charge in [0.1, 0.15) is 6.54 Å². The van der Waals surface area contributed by atoms with Crippen LogP contribution in [0.5, 0.6) is 0 Å². The average Bonchev–Trinajstić information content (AvgIpc) is 2.49. The van der Waals surface area contributed by atoms with Crippen LogP contribution in [0, 0.1) is 0 Å². The monoisotopic (exact) mass is 415 g/mol. The van der Waals surface area contributed by atoms with Gasteiger partial charge in [0, 0.05) is 20.8 Å². The van der Waals surface area contributed by atoms with Crippen molar-refractivity contribution in [3.63, 3.8) is 0 Å². The average molecular weight is 417 g/mol. The van der Waals surface area contributed by atoms with Crippen molar-refractivity contribution in [2.24, 2.45) is 0 Å². The Morgan fingerprint density at radius 1 is 1.00 bits per heavy atom. The van der Waals surface area contributed by atoms with E-state index in [2.05, 4.69) is 10.3 Å². The molecule has 0 unspecified atom stereocenters. The standard InChI is InChI=1S/C16H9Cl4N3O2/c17-8-1-9(18)3-11(2-8)22-14(24)6-23-7-21-15-12(16(23)25)4-10(19)5-13(15)20/h1-5,7H,6H2,(H,22,24). The van der Waals surface area contributed by atoms with Crippen molar-refractivity contribution in [2.45, 2.75) is 6.54 Å². The molecule has 0 saturated heterocycles. The third-order valence-corrected chi connectivity index (χ3v) is 4.25. The van der Waals surface area contributed by atoms with E-state index in [1.807, 2.05) is 0 Å². The molecule has 0 radical (unpaired) electrons. The molecule has 0 fully saturated rings. The predicted octanol–water partition coefficient (Wildman–Crippen LogP) is 4.65. The molecular weight excluding hydrogens is 408 g/mol. The third-order valence-electron chi connectivity index (χ3n) is 3.31. The Hall–Kier alpha value is -1.79. The summed E-state index contributed by atoms with van der Waals surface area (Å²) in [6, 6.07) is 7.60. The SMILES string of the molecule is O=C(Cn1cnc2c(Cl)cc(Cl)cc2c1=O)Nc1cc(Cl)cc(Cl)c1. The zero-order valence-corrected chi connectivity index (χ0v) is 15.4. The first-order chi connectivity index (χ1) is 11.8. The molecule has 3 aromatic rings. The van der Waals surface area contributed by atoms with Crippen molar-refractivity contribution in [3.05, 3.63) is 67.1 Å². The minimum absolute atomic E-state index is 0.235. The number of carbonyl (C=O) groups is 1. The van der Waals surface area contributed by atoms with Gasteiger partial charge >= 0.3 is 0 Å². The van der Waals surface area contributed by atoms with Crippen LogP contribution < -0.4 is 10.9 Å². The first kappa shape index (κ1) is 18.0. The maximum atomic E-state index is 12.5. The van der Waals surface area contributed by atoms with Crippen molar-refractivity contribution in [1.29, 1.82) is 0 Å². The Balaban J connectivity index is 1.88. The second kappa shape index (κ2) is 7.22. The number of nitrogens with one attached hydrogen (secondary N) is 1. The molecule has 5 nitrogen and oxygen atoms in total. The van der Waals surface area contributed by atoms with Crippen molar-refractivity contribution < 1.29 is 4.79 Å². The Bertz CT molecular complexity index is 1030. The van der Waals surface area contributed by atoms with E-state index in [1.165, 1.54) is 18.5 Å². The van der Waals surface area contributed by atoms with Crippen molar-refractivity contribution in [2.75, 3.05) is 5.32 Å². The number of hydrogen-bond acceptors (Lipinski definition) is 3. The summed E-state index contributed by atoms with van der Waals surface area (Å²) in [5.74, 6) is -0.435. The zero-order chi connectivity index (χ0) is 18.1. The molecule has 9 heteroatoms. The second-order valence-corrected chi connectivity index (χ2v) is 6.88. The van der Waals surface area contributed by atoms with Crippen LogP contribution in [-0.2, 0) is 11.3 Å². The lowest BCUT2D eigenvalue weighted by Crippen LogP contribution is -2.28. The number of halogens is 4. The molecule has 0 saturated carbocycles. The van der Waals surface area contributed by atoms with Crippen LogP contribution in [-0.4, -0.2) is 15.5 Å². The summed E-state index contributed by atoms with van der Waals surface area (Å²) < 4.78 is 1.16. The van der Waals surface area contributed by atoms with Gasteiger partial charge < -0.3 is 5.32 Å². The highest BCUT2D eigenvalue weighted by Gasteiger charge is 2.12. The quantitative estimate of drug-likeness (QED) is 0.675. The van der Waals surface area contributed by atoms with Crippen LogP contribution in [0.15, 0.2) is 41.5 Å². The van der Waals surface area contributed by atoms with E-state index in [4.69, 9.17) is 46.4 Å². The molecule has 0 atom stereocenters. The third kappa shape index (κ3) is 4.07. The highest BCUT2D eigenvalue weighted by molar-refractivity contribution is 6.38. The fourth-order valence-corrected chi connectivity index (χ4v) is 3.36. The molecule has 1 heterocycles. The van der Waals surface area contributed by atoms with Gasteiger partial charge in [0.15, 0.2) is 0 Å². The predicted molar refractivity (Wildman–Crippen MR) is 101 cm³/mol. The second-order valence-electron chi connectivity index (χ2n) is 5.17. The Morgan fingerprint density at radius 2 is 1.64 bits per heavy atom. The van der Waals surface area contributed by atoms with E-state index in [0.717, 1.165) is 4.57 Å². The minimum atomic E-state index is -0.435. The summed E-state index contributed by atoms with van der Waals surface area (Å²) >= 11 is 23.7. The number of carbonyl (C=O) groups excluding carboxylic acids is 1. The van der Waals surface area contributed by atoms with Crippen molar-refractivity contribution >= 4 is 68.9 Å². The number of nitrogens with zero attached hydrogens (tertiary/aromatic N) is 2. The van der Waals surface area contributed by atoms with Crippen LogP contribution in [0.3, 0.4) is 0 Å². The van der Waals surface area contributed by atoms with Crippen LogP contribution in [0.1, 0.15) is 0 Å². The van der Waals surface area contributed by atoms with E-state index < -0.39 is 11.5 Å². The summed E-state index contributed by atoms with van der Waals surface area (Å²) in [6.07, 6.45) is 1.26. The fraction of sp³-hybridized carbons (Fsp3) is 0.0625. The van der Waals surface area contributed by atoms with Gasteiger partial charge in [0.25, 0.3) is 5.56 Å². The normalized spacial score (nSPS) is 10.9. The summed E-state index contributed by atoms with van der Waals surface area (Å²) in [7, 11) is 0. The van der Waals surface area contributed by atoms with E-state index in [-0.39, 0.29) is 17.0 Å². The highest BCUT2D eigenvalue weighted by atomic mass is 35.5. The lowest BCUT2D eigenvalue weighted by Gasteiger charge is -2.09. The summed E-state index contributed by atoms with van der Waals surface area (Å²) in [4.78, 5) is 28.8. The molecule has 0 spiro atoms. The lowest BCUT2D eigenvalue weighted by atomic mass is 10.2. The minimum Gasteiger partial charge on any atom is -0.324 e. The number of hydrogen-bond donors (Lipinski definition) is 1. The van der Waals surface area contributed by atoms with Gasteiger partial charge in [-0.05, 0) is 30.3 Å². The zero-order valence-electron chi connectivity index (χ0n) is 12.4. The van der Waals surface area contributed by atoms with Gasteiger partial charge in [-0.1, -0.05) is 46.4 Å². The lowest BCUT2D eigenvalue weighted by molar-refractivity contribution is -0.116. The maximum absolute atomic E-state index is 12.5. The van der Waals surface area contributed by atoms with Crippen LogP contribution >= 0.6 is 46.4 Å². The number of anilines is 1. The first-order valence-electron chi connectivity index (χ1n) is 6.93.